The van der Waals surface area contributed by atoms with Crippen LogP contribution in [0.2, 0.25) is 0 Å². The molecular weight excluding hydrogens is 192 g/mol. The van der Waals surface area contributed by atoms with E-state index in [0.29, 0.717) is 6.61 Å². The minimum atomic E-state index is 0.407. The first-order valence-corrected chi connectivity index (χ1v) is 4.70. The first-order valence-electron chi connectivity index (χ1n) is 4.70. The van der Waals surface area contributed by atoms with E-state index in [1.165, 1.54) is 0 Å². The number of fused-ring (bicyclic) bond motifs is 1. The van der Waals surface area contributed by atoms with Gasteiger partial charge in [0.25, 0.3) is 0 Å². The molecule has 0 amide bonds. The third-order valence-electron chi connectivity index (χ3n) is 2.55. The second-order valence-electron chi connectivity index (χ2n) is 3.43. The molecule has 0 unspecified atom stereocenters. The SMILES string of the molecule is COc1ccc(CON)c2ccn(C)c12. The van der Waals surface area contributed by atoms with E-state index in [0.717, 1.165) is 22.2 Å². The molecule has 0 fully saturated rings. The van der Waals surface area contributed by atoms with Crippen molar-refractivity contribution >= 4 is 10.9 Å². The van der Waals surface area contributed by atoms with Gasteiger partial charge in [-0.05, 0) is 17.7 Å². The van der Waals surface area contributed by atoms with Gasteiger partial charge in [0.15, 0.2) is 0 Å². The monoisotopic (exact) mass is 206 g/mol. The summed E-state index contributed by atoms with van der Waals surface area (Å²) in [5.74, 6) is 5.95. The van der Waals surface area contributed by atoms with Gasteiger partial charge in [0, 0.05) is 18.6 Å². The van der Waals surface area contributed by atoms with Crippen molar-refractivity contribution in [3.05, 3.63) is 30.0 Å². The Balaban J connectivity index is 2.68. The Morgan fingerprint density at radius 3 is 2.80 bits per heavy atom. The molecule has 0 radical (unpaired) electrons. The van der Waals surface area contributed by atoms with Gasteiger partial charge >= 0.3 is 0 Å². The summed E-state index contributed by atoms with van der Waals surface area (Å²) in [6.07, 6.45) is 1.99. The van der Waals surface area contributed by atoms with Crippen molar-refractivity contribution in [3.8, 4) is 5.75 Å². The van der Waals surface area contributed by atoms with Crippen molar-refractivity contribution in [2.24, 2.45) is 12.9 Å². The summed E-state index contributed by atoms with van der Waals surface area (Å²) < 4.78 is 7.33. The van der Waals surface area contributed by atoms with E-state index in [-0.39, 0.29) is 0 Å². The van der Waals surface area contributed by atoms with Crippen LogP contribution in [-0.4, -0.2) is 11.7 Å². The number of nitrogens with two attached hydrogens (primary N) is 1. The van der Waals surface area contributed by atoms with Crippen molar-refractivity contribution in [3.63, 3.8) is 0 Å². The van der Waals surface area contributed by atoms with Crippen molar-refractivity contribution in [1.29, 1.82) is 0 Å². The minimum Gasteiger partial charge on any atom is -0.495 e. The Morgan fingerprint density at radius 1 is 1.33 bits per heavy atom. The molecule has 0 aliphatic heterocycles. The maximum atomic E-state index is 5.31. The predicted molar refractivity (Wildman–Crippen MR) is 58.4 cm³/mol. The molecule has 2 aromatic rings. The summed E-state index contributed by atoms with van der Waals surface area (Å²) in [7, 11) is 3.65. The molecule has 0 saturated heterocycles. The molecule has 1 heterocycles. The zero-order chi connectivity index (χ0) is 10.8. The second-order valence-corrected chi connectivity index (χ2v) is 3.43. The van der Waals surface area contributed by atoms with E-state index in [9.17, 15) is 0 Å². The van der Waals surface area contributed by atoms with Crippen LogP contribution >= 0.6 is 0 Å². The highest BCUT2D eigenvalue weighted by Crippen LogP contribution is 2.29. The third kappa shape index (κ3) is 1.58. The summed E-state index contributed by atoms with van der Waals surface area (Å²) in [6.45, 7) is 0.407. The molecule has 0 saturated carbocycles. The summed E-state index contributed by atoms with van der Waals surface area (Å²) in [5.41, 5.74) is 2.13. The summed E-state index contributed by atoms with van der Waals surface area (Å²) in [5, 5.41) is 1.11. The van der Waals surface area contributed by atoms with Crippen LogP contribution < -0.4 is 10.6 Å². The Morgan fingerprint density at radius 2 is 2.13 bits per heavy atom. The van der Waals surface area contributed by atoms with E-state index in [1.54, 1.807) is 7.11 Å². The van der Waals surface area contributed by atoms with Gasteiger partial charge in [0.05, 0.1) is 19.2 Å². The highest BCUT2D eigenvalue weighted by molar-refractivity contribution is 5.88. The number of hydrogen-bond donors (Lipinski definition) is 1. The van der Waals surface area contributed by atoms with Crippen LogP contribution in [-0.2, 0) is 18.5 Å². The lowest BCUT2D eigenvalue weighted by Gasteiger charge is -2.08. The Labute approximate surface area is 88.1 Å². The van der Waals surface area contributed by atoms with Crippen molar-refractivity contribution < 1.29 is 9.57 Å². The lowest BCUT2D eigenvalue weighted by Crippen LogP contribution is -2.00. The van der Waals surface area contributed by atoms with Gasteiger partial charge in [-0.2, -0.15) is 0 Å². The molecule has 80 valence electrons. The molecule has 2 N–H and O–H groups in total. The molecule has 4 heteroatoms. The molecule has 4 nitrogen and oxygen atoms in total. The van der Waals surface area contributed by atoms with Crippen LogP contribution in [0.4, 0.5) is 0 Å². The number of ether oxygens (including phenoxy) is 1. The highest BCUT2D eigenvalue weighted by atomic mass is 16.6. The fourth-order valence-corrected chi connectivity index (χ4v) is 1.82. The molecule has 2 rings (SSSR count). The zero-order valence-corrected chi connectivity index (χ0v) is 8.86. The van der Waals surface area contributed by atoms with Crippen LogP contribution in [0.25, 0.3) is 10.9 Å². The molecule has 1 aromatic heterocycles. The third-order valence-corrected chi connectivity index (χ3v) is 2.55. The van der Waals surface area contributed by atoms with Crippen LogP contribution in [0.15, 0.2) is 24.4 Å². The van der Waals surface area contributed by atoms with Crippen LogP contribution in [0.1, 0.15) is 5.56 Å². The average molecular weight is 206 g/mol. The lowest BCUT2D eigenvalue weighted by atomic mass is 10.1. The molecule has 1 aromatic carbocycles. The van der Waals surface area contributed by atoms with Gasteiger partial charge in [-0.3, -0.25) is 4.84 Å². The molecule has 0 atom stereocenters. The zero-order valence-electron chi connectivity index (χ0n) is 8.86. The lowest BCUT2D eigenvalue weighted by molar-refractivity contribution is 0.125. The number of nitrogens with zero attached hydrogens (tertiary/aromatic N) is 1. The summed E-state index contributed by atoms with van der Waals surface area (Å²) >= 11 is 0. The van der Waals surface area contributed by atoms with Crippen LogP contribution in [0.3, 0.4) is 0 Å². The Hall–Kier alpha value is -1.52. The standard InChI is InChI=1S/C11H14N2O2/c1-13-6-5-9-8(7-15-12)3-4-10(14-2)11(9)13/h3-6H,7,12H2,1-2H3. The number of aryl methyl sites for hydroxylation is 1. The maximum absolute atomic E-state index is 5.31. The Kier molecular flexibility index (Phi) is 2.62. The quantitative estimate of drug-likeness (QED) is 0.775. The van der Waals surface area contributed by atoms with E-state index in [1.807, 2.05) is 36.0 Å². The van der Waals surface area contributed by atoms with E-state index in [4.69, 9.17) is 10.6 Å². The van der Waals surface area contributed by atoms with Crippen molar-refractivity contribution in [2.75, 3.05) is 7.11 Å². The van der Waals surface area contributed by atoms with Crippen LogP contribution in [0, 0.1) is 0 Å². The first-order chi connectivity index (χ1) is 7.27. The molecule has 0 spiro atoms. The van der Waals surface area contributed by atoms with E-state index >= 15 is 0 Å². The van der Waals surface area contributed by atoms with Gasteiger partial charge < -0.3 is 9.30 Å². The number of rotatable bonds is 3. The summed E-state index contributed by atoms with van der Waals surface area (Å²) in [6, 6.07) is 5.93. The fraction of sp³-hybridized carbons (Fsp3) is 0.273. The molecule has 0 aliphatic carbocycles. The molecule has 0 bridgehead atoms. The van der Waals surface area contributed by atoms with E-state index < -0.39 is 0 Å². The van der Waals surface area contributed by atoms with E-state index in [2.05, 4.69) is 4.84 Å². The minimum absolute atomic E-state index is 0.407. The van der Waals surface area contributed by atoms with Gasteiger partial charge in [0.1, 0.15) is 5.75 Å². The van der Waals surface area contributed by atoms with Gasteiger partial charge in [0.2, 0.25) is 0 Å². The van der Waals surface area contributed by atoms with Crippen molar-refractivity contribution in [1.82, 2.24) is 4.57 Å². The topological polar surface area (TPSA) is 49.4 Å². The number of hydrogen-bond acceptors (Lipinski definition) is 3. The van der Waals surface area contributed by atoms with Crippen molar-refractivity contribution in [2.45, 2.75) is 6.61 Å². The number of aromatic nitrogens is 1. The normalized spacial score (nSPS) is 10.9. The van der Waals surface area contributed by atoms with Crippen LogP contribution in [0.5, 0.6) is 5.75 Å². The van der Waals surface area contributed by atoms with Gasteiger partial charge in [-0.1, -0.05) is 6.07 Å². The fourth-order valence-electron chi connectivity index (χ4n) is 1.82. The summed E-state index contributed by atoms with van der Waals surface area (Å²) in [4.78, 5) is 4.67. The second kappa shape index (κ2) is 3.92. The maximum Gasteiger partial charge on any atom is 0.143 e. The largest absolute Gasteiger partial charge is 0.495 e. The Bertz CT molecular complexity index is 477. The average Bonchev–Trinajstić information content (AvgIpc) is 2.63. The smallest absolute Gasteiger partial charge is 0.143 e. The predicted octanol–water partition coefficient (Wildman–Crippen LogP) is 1.58. The molecule has 0 aliphatic rings. The molecule has 15 heavy (non-hydrogen) atoms. The first kappa shape index (κ1) is 10.0. The van der Waals surface area contributed by atoms with Gasteiger partial charge in [-0.25, -0.2) is 5.90 Å². The van der Waals surface area contributed by atoms with Gasteiger partial charge in [-0.15, -0.1) is 0 Å². The number of methoxy groups -OCH3 is 1. The molecular formula is C11H14N2O2. The highest BCUT2D eigenvalue weighted by Gasteiger charge is 2.09. The number of benzene rings is 1.